The van der Waals surface area contributed by atoms with E-state index in [9.17, 15) is 0 Å². The first-order chi connectivity index (χ1) is 10.3. The Balaban J connectivity index is 1.86. The molecule has 0 aliphatic heterocycles. The van der Waals surface area contributed by atoms with E-state index in [0.29, 0.717) is 23.4 Å². The average Bonchev–Trinajstić information content (AvgIpc) is 2.91. The lowest BCUT2D eigenvalue weighted by Gasteiger charge is -2.04. The third-order valence-corrected chi connectivity index (χ3v) is 3.25. The molecule has 2 aromatic carbocycles. The van der Waals surface area contributed by atoms with Crippen LogP contribution in [0.2, 0.25) is 0 Å². The summed E-state index contributed by atoms with van der Waals surface area (Å²) in [6.45, 7) is 0.146. The molecule has 0 saturated heterocycles. The van der Waals surface area contributed by atoms with E-state index >= 15 is 0 Å². The van der Waals surface area contributed by atoms with Crippen LogP contribution in [0.1, 0.15) is 11.1 Å². The van der Waals surface area contributed by atoms with Gasteiger partial charge in [0.15, 0.2) is 0 Å². The van der Waals surface area contributed by atoms with Crippen molar-refractivity contribution in [2.45, 2.75) is 6.42 Å². The highest BCUT2D eigenvalue weighted by atomic mass is 16.2. The van der Waals surface area contributed by atoms with Crippen molar-refractivity contribution in [3.8, 4) is 6.07 Å². The van der Waals surface area contributed by atoms with Crippen molar-refractivity contribution in [3.63, 3.8) is 0 Å². The van der Waals surface area contributed by atoms with Crippen LogP contribution in [0.25, 0.3) is 11.0 Å². The monoisotopic (exact) mass is 278 g/mol. The average molecular weight is 278 g/mol. The lowest BCUT2D eigenvalue weighted by molar-refractivity contribution is 0.299. The Morgan fingerprint density at radius 3 is 2.71 bits per heavy atom. The zero-order chi connectivity index (χ0) is 14.7. The minimum atomic E-state index is 0.146. The molecule has 3 aromatic rings. The smallest absolute Gasteiger partial charge is 0.205 e. The van der Waals surface area contributed by atoms with Crippen LogP contribution in [0.5, 0.6) is 0 Å². The third-order valence-electron chi connectivity index (χ3n) is 3.25. The summed E-state index contributed by atoms with van der Waals surface area (Å²) in [7, 11) is 0. The van der Waals surface area contributed by atoms with Crippen LogP contribution in [-0.4, -0.2) is 21.7 Å². The molecular weight excluding hydrogens is 264 g/mol. The molecule has 1 aromatic heterocycles. The Bertz CT molecular complexity index is 799. The number of fused-ring (bicyclic) bond motifs is 1. The summed E-state index contributed by atoms with van der Waals surface area (Å²) < 4.78 is 0. The quantitative estimate of drug-likeness (QED) is 0.685. The van der Waals surface area contributed by atoms with Gasteiger partial charge in [0, 0.05) is 12.3 Å². The van der Waals surface area contributed by atoms with Crippen molar-refractivity contribution >= 4 is 22.7 Å². The minimum Gasteiger partial charge on any atom is -0.396 e. The maximum atomic E-state index is 9.07. The van der Waals surface area contributed by atoms with E-state index in [2.05, 4.69) is 21.4 Å². The number of H-pyrrole nitrogens is 1. The van der Waals surface area contributed by atoms with E-state index in [4.69, 9.17) is 10.4 Å². The van der Waals surface area contributed by atoms with Crippen LogP contribution < -0.4 is 5.32 Å². The van der Waals surface area contributed by atoms with Gasteiger partial charge in [0.05, 0.1) is 11.1 Å². The van der Waals surface area contributed by atoms with Gasteiger partial charge in [-0.3, -0.25) is 0 Å². The molecule has 0 saturated carbocycles. The molecule has 21 heavy (non-hydrogen) atoms. The maximum Gasteiger partial charge on any atom is 0.205 e. The molecule has 0 aliphatic rings. The first-order valence-electron chi connectivity index (χ1n) is 6.66. The second-order valence-corrected chi connectivity index (χ2v) is 4.69. The molecule has 0 amide bonds. The second kappa shape index (κ2) is 5.65. The van der Waals surface area contributed by atoms with Gasteiger partial charge in [-0.25, -0.2) is 4.98 Å². The number of aromatic nitrogens is 2. The fourth-order valence-electron chi connectivity index (χ4n) is 2.20. The number of hydrogen-bond donors (Lipinski definition) is 3. The number of aliphatic hydroxyl groups is 1. The zero-order valence-electron chi connectivity index (χ0n) is 11.3. The largest absolute Gasteiger partial charge is 0.396 e. The van der Waals surface area contributed by atoms with Gasteiger partial charge >= 0.3 is 0 Å². The van der Waals surface area contributed by atoms with Crippen molar-refractivity contribution in [2.75, 3.05) is 11.9 Å². The first kappa shape index (κ1) is 13.2. The number of nitriles is 1. The van der Waals surface area contributed by atoms with Crippen LogP contribution in [0, 0.1) is 11.3 Å². The van der Waals surface area contributed by atoms with Gasteiger partial charge in [-0.1, -0.05) is 18.2 Å². The normalized spacial score (nSPS) is 10.5. The third kappa shape index (κ3) is 2.71. The molecule has 1 heterocycles. The molecular formula is C16H14N4O. The summed E-state index contributed by atoms with van der Waals surface area (Å²) in [6.07, 6.45) is 0.649. The standard InChI is InChI=1S/C16H14N4O/c17-10-12-2-1-3-14-15(12)20-16(19-14)18-13-6-4-11(5-7-13)8-9-21/h1-7,21H,8-9H2,(H2,18,19,20). The first-order valence-corrected chi connectivity index (χ1v) is 6.66. The number of nitrogens with one attached hydrogen (secondary N) is 2. The van der Waals surface area contributed by atoms with E-state index < -0.39 is 0 Å². The molecule has 5 heteroatoms. The summed E-state index contributed by atoms with van der Waals surface area (Å²) in [6, 6.07) is 15.4. The molecule has 0 aliphatic carbocycles. The lowest BCUT2D eigenvalue weighted by atomic mass is 10.1. The van der Waals surface area contributed by atoms with Gasteiger partial charge < -0.3 is 15.4 Å². The number of para-hydroxylation sites is 1. The summed E-state index contributed by atoms with van der Waals surface area (Å²) in [5.74, 6) is 0.600. The number of anilines is 2. The number of imidazole rings is 1. The van der Waals surface area contributed by atoms with Crippen molar-refractivity contribution < 1.29 is 5.11 Å². The summed E-state index contributed by atoms with van der Waals surface area (Å²) in [4.78, 5) is 7.55. The molecule has 0 unspecified atom stereocenters. The van der Waals surface area contributed by atoms with Crippen LogP contribution in [0.3, 0.4) is 0 Å². The number of aromatic amines is 1. The fraction of sp³-hybridized carbons (Fsp3) is 0.125. The number of aliphatic hydroxyl groups excluding tert-OH is 1. The highest BCUT2D eigenvalue weighted by Crippen LogP contribution is 2.21. The number of nitrogens with zero attached hydrogens (tertiary/aromatic N) is 2. The zero-order valence-corrected chi connectivity index (χ0v) is 11.3. The molecule has 104 valence electrons. The Kier molecular flexibility index (Phi) is 3.54. The Hall–Kier alpha value is -2.84. The molecule has 3 rings (SSSR count). The van der Waals surface area contributed by atoms with E-state index in [1.54, 1.807) is 6.07 Å². The Morgan fingerprint density at radius 1 is 1.19 bits per heavy atom. The van der Waals surface area contributed by atoms with Crippen molar-refractivity contribution in [1.82, 2.24) is 9.97 Å². The predicted molar refractivity (Wildman–Crippen MR) is 81.3 cm³/mol. The molecule has 5 nitrogen and oxygen atoms in total. The lowest BCUT2D eigenvalue weighted by Crippen LogP contribution is -1.94. The highest BCUT2D eigenvalue weighted by molar-refractivity contribution is 5.83. The summed E-state index contributed by atoms with van der Waals surface area (Å²) in [5, 5.41) is 21.1. The maximum absolute atomic E-state index is 9.07. The molecule has 0 bridgehead atoms. The van der Waals surface area contributed by atoms with Crippen LogP contribution in [0.4, 0.5) is 11.6 Å². The van der Waals surface area contributed by atoms with Gasteiger partial charge in [-0.05, 0) is 36.2 Å². The molecule has 0 spiro atoms. The van der Waals surface area contributed by atoms with Crippen LogP contribution >= 0.6 is 0 Å². The van der Waals surface area contributed by atoms with Crippen LogP contribution in [0.15, 0.2) is 42.5 Å². The minimum absolute atomic E-state index is 0.146. The van der Waals surface area contributed by atoms with E-state index in [0.717, 1.165) is 16.8 Å². The second-order valence-electron chi connectivity index (χ2n) is 4.69. The topological polar surface area (TPSA) is 84.7 Å². The van der Waals surface area contributed by atoms with Crippen molar-refractivity contribution in [3.05, 3.63) is 53.6 Å². The van der Waals surface area contributed by atoms with Gasteiger partial charge in [-0.2, -0.15) is 5.26 Å². The SMILES string of the molecule is N#Cc1cccc2[nH]c(Nc3ccc(CCO)cc3)nc12. The fourth-order valence-corrected chi connectivity index (χ4v) is 2.20. The predicted octanol–water partition coefficient (Wildman–Crippen LogP) is 2.71. The molecule has 3 N–H and O–H groups in total. The van der Waals surface area contributed by atoms with E-state index in [1.165, 1.54) is 0 Å². The van der Waals surface area contributed by atoms with Crippen molar-refractivity contribution in [1.29, 1.82) is 5.26 Å². The van der Waals surface area contributed by atoms with Gasteiger partial charge in [0.25, 0.3) is 0 Å². The molecule has 0 radical (unpaired) electrons. The Labute approximate surface area is 121 Å². The summed E-state index contributed by atoms with van der Waals surface area (Å²) in [5.41, 5.74) is 4.02. The van der Waals surface area contributed by atoms with Gasteiger partial charge in [-0.15, -0.1) is 0 Å². The Morgan fingerprint density at radius 2 is 2.00 bits per heavy atom. The number of hydrogen-bond acceptors (Lipinski definition) is 4. The van der Waals surface area contributed by atoms with Gasteiger partial charge in [0.2, 0.25) is 5.95 Å². The molecule has 0 fully saturated rings. The van der Waals surface area contributed by atoms with Gasteiger partial charge in [0.1, 0.15) is 11.6 Å². The number of rotatable bonds is 4. The summed E-state index contributed by atoms with van der Waals surface area (Å²) >= 11 is 0. The number of benzene rings is 2. The molecule has 0 atom stereocenters. The van der Waals surface area contributed by atoms with Crippen molar-refractivity contribution in [2.24, 2.45) is 0 Å². The van der Waals surface area contributed by atoms with E-state index in [1.807, 2.05) is 36.4 Å². The van der Waals surface area contributed by atoms with E-state index in [-0.39, 0.29) is 6.61 Å². The van der Waals surface area contributed by atoms with Crippen LogP contribution in [-0.2, 0) is 6.42 Å². The highest BCUT2D eigenvalue weighted by Gasteiger charge is 2.06.